The summed E-state index contributed by atoms with van der Waals surface area (Å²) >= 11 is 0. The predicted molar refractivity (Wildman–Crippen MR) is 62.4 cm³/mol. The number of aryl methyl sites for hydroxylation is 1. The number of hydrogen-bond acceptors (Lipinski definition) is 1. The van der Waals surface area contributed by atoms with Crippen molar-refractivity contribution in [1.29, 1.82) is 0 Å². The van der Waals surface area contributed by atoms with E-state index >= 15 is 0 Å². The molecular formula is C13H18FN. The van der Waals surface area contributed by atoms with Crippen LogP contribution >= 0.6 is 0 Å². The first-order chi connectivity index (χ1) is 7.19. The molecule has 0 aliphatic rings. The molecular weight excluding hydrogens is 189 g/mol. The van der Waals surface area contributed by atoms with Crippen LogP contribution in [0.25, 0.3) is 0 Å². The molecule has 1 N–H and O–H groups in total. The summed E-state index contributed by atoms with van der Waals surface area (Å²) in [6.07, 6.45) is 2.75. The Morgan fingerprint density at radius 3 is 2.80 bits per heavy atom. The molecule has 2 heteroatoms. The molecule has 0 amide bonds. The van der Waals surface area contributed by atoms with Crippen LogP contribution in [0.15, 0.2) is 30.9 Å². The van der Waals surface area contributed by atoms with Crippen LogP contribution in [0.4, 0.5) is 4.39 Å². The molecule has 1 atom stereocenters. The van der Waals surface area contributed by atoms with Gasteiger partial charge in [0.05, 0.1) is 0 Å². The van der Waals surface area contributed by atoms with Crippen LogP contribution in [0, 0.1) is 12.7 Å². The fourth-order valence-corrected chi connectivity index (χ4v) is 1.76. The van der Waals surface area contributed by atoms with Crippen LogP contribution in [0.1, 0.15) is 30.5 Å². The van der Waals surface area contributed by atoms with Gasteiger partial charge in [0, 0.05) is 6.04 Å². The van der Waals surface area contributed by atoms with E-state index in [0.717, 1.165) is 24.1 Å². The van der Waals surface area contributed by atoms with Gasteiger partial charge in [0.2, 0.25) is 0 Å². The summed E-state index contributed by atoms with van der Waals surface area (Å²) in [6.45, 7) is 8.64. The average Bonchev–Trinajstić information content (AvgIpc) is 2.17. The third-order valence-corrected chi connectivity index (χ3v) is 2.46. The third-order valence-electron chi connectivity index (χ3n) is 2.46. The molecule has 0 heterocycles. The van der Waals surface area contributed by atoms with Crippen molar-refractivity contribution in [2.24, 2.45) is 0 Å². The minimum Gasteiger partial charge on any atom is -0.310 e. The zero-order chi connectivity index (χ0) is 11.3. The smallest absolute Gasteiger partial charge is 0.123 e. The molecule has 1 nitrogen and oxygen atoms in total. The van der Waals surface area contributed by atoms with Crippen molar-refractivity contribution in [1.82, 2.24) is 5.32 Å². The molecule has 82 valence electrons. The lowest BCUT2D eigenvalue weighted by atomic mass is 9.98. The summed E-state index contributed by atoms with van der Waals surface area (Å²) in [6, 6.07) is 5.17. The molecule has 0 spiro atoms. The van der Waals surface area contributed by atoms with Gasteiger partial charge in [-0.05, 0) is 43.1 Å². The van der Waals surface area contributed by atoms with Crippen molar-refractivity contribution >= 4 is 0 Å². The maximum Gasteiger partial charge on any atom is 0.123 e. The van der Waals surface area contributed by atoms with Crippen LogP contribution in [0.3, 0.4) is 0 Å². The normalized spacial score (nSPS) is 12.5. The lowest BCUT2D eigenvalue weighted by molar-refractivity contribution is 0.553. The second-order valence-electron chi connectivity index (χ2n) is 3.64. The zero-order valence-electron chi connectivity index (χ0n) is 9.39. The molecule has 1 aromatic rings. The number of benzene rings is 1. The van der Waals surface area contributed by atoms with Crippen molar-refractivity contribution in [3.8, 4) is 0 Å². The molecule has 1 unspecified atom stereocenters. The molecule has 0 aliphatic heterocycles. The van der Waals surface area contributed by atoms with Crippen LogP contribution in [-0.2, 0) is 0 Å². The van der Waals surface area contributed by atoms with E-state index in [0.29, 0.717) is 0 Å². The molecule has 0 radical (unpaired) electrons. The minimum absolute atomic E-state index is 0.176. The molecule has 15 heavy (non-hydrogen) atoms. The molecule has 0 bridgehead atoms. The monoisotopic (exact) mass is 207 g/mol. The minimum atomic E-state index is -0.176. The summed E-state index contributed by atoms with van der Waals surface area (Å²) < 4.78 is 12.9. The van der Waals surface area contributed by atoms with Crippen LogP contribution in [-0.4, -0.2) is 6.54 Å². The largest absolute Gasteiger partial charge is 0.310 e. The highest BCUT2D eigenvalue weighted by Gasteiger charge is 2.11. The van der Waals surface area contributed by atoms with Gasteiger partial charge in [0.25, 0.3) is 0 Å². The first-order valence-corrected chi connectivity index (χ1v) is 5.29. The van der Waals surface area contributed by atoms with Gasteiger partial charge in [-0.3, -0.25) is 0 Å². The van der Waals surface area contributed by atoms with Gasteiger partial charge in [-0.25, -0.2) is 4.39 Å². The second kappa shape index (κ2) is 5.66. The first-order valence-electron chi connectivity index (χ1n) is 5.29. The Balaban J connectivity index is 2.94. The summed E-state index contributed by atoms with van der Waals surface area (Å²) in [5, 5.41) is 3.37. The highest BCUT2D eigenvalue weighted by atomic mass is 19.1. The number of nitrogens with one attached hydrogen (secondary N) is 1. The van der Waals surface area contributed by atoms with Crippen molar-refractivity contribution < 1.29 is 4.39 Å². The van der Waals surface area contributed by atoms with E-state index in [2.05, 4.69) is 18.8 Å². The third kappa shape index (κ3) is 3.17. The van der Waals surface area contributed by atoms with Gasteiger partial charge in [-0.2, -0.15) is 0 Å². The Labute approximate surface area is 91.0 Å². The van der Waals surface area contributed by atoms with Crippen LogP contribution in [0.5, 0.6) is 0 Å². The highest BCUT2D eigenvalue weighted by molar-refractivity contribution is 5.29. The number of rotatable bonds is 5. The van der Waals surface area contributed by atoms with E-state index in [1.165, 1.54) is 6.07 Å². The van der Waals surface area contributed by atoms with E-state index in [1.54, 1.807) is 6.07 Å². The lowest BCUT2D eigenvalue weighted by Gasteiger charge is -2.18. The maximum absolute atomic E-state index is 12.9. The summed E-state index contributed by atoms with van der Waals surface area (Å²) in [5.41, 5.74) is 2.14. The Morgan fingerprint density at radius 2 is 2.27 bits per heavy atom. The molecule has 0 fully saturated rings. The van der Waals surface area contributed by atoms with E-state index in [4.69, 9.17) is 0 Å². The predicted octanol–water partition coefficient (Wildman–Crippen LogP) is 3.36. The van der Waals surface area contributed by atoms with Gasteiger partial charge in [-0.1, -0.05) is 19.1 Å². The Kier molecular flexibility index (Phi) is 4.50. The molecule has 1 aromatic carbocycles. The van der Waals surface area contributed by atoms with E-state index in [1.807, 2.05) is 19.1 Å². The van der Waals surface area contributed by atoms with Gasteiger partial charge in [-0.15, -0.1) is 6.58 Å². The summed E-state index contributed by atoms with van der Waals surface area (Å²) in [4.78, 5) is 0. The maximum atomic E-state index is 12.9. The SMILES string of the molecule is C=CCC(NCC)c1ccc(F)cc1C. The van der Waals surface area contributed by atoms with Crippen LogP contribution < -0.4 is 5.32 Å². The lowest BCUT2D eigenvalue weighted by Crippen LogP contribution is -2.21. The van der Waals surface area contributed by atoms with Crippen molar-refractivity contribution in [3.05, 3.63) is 47.8 Å². The molecule has 0 aliphatic carbocycles. The Morgan fingerprint density at radius 1 is 1.53 bits per heavy atom. The Bertz CT molecular complexity index is 333. The number of hydrogen-bond donors (Lipinski definition) is 1. The topological polar surface area (TPSA) is 12.0 Å². The van der Waals surface area contributed by atoms with Crippen molar-refractivity contribution in [2.45, 2.75) is 26.3 Å². The number of halogens is 1. The second-order valence-corrected chi connectivity index (χ2v) is 3.64. The van der Waals surface area contributed by atoms with Gasteiger partial charge >= 0.3 is 0 Å². The standard InChI is InChI=1S/C13H18FN/c1-4-6-13(15-5-2)12-8-7-11(14)9-10(12)3/h4,7-9,13,15H,1,5-6H2,2-3H3. The highest BCUT2D eigenvalue weighted by Crippen LogP contribution is 2.21. The van der Waals surface area contributed by atoms with E-state index in [-0.39, 0.29) is 11.9 Å². The van der Waals surface area contributed by atoms with Crippen LogP contribution in [0.2, 0.25) is 0 Å². The fraction of sp³-hybridized carbons (Fsp3) is 0.385. The van der Waals surface area contributed by atoms with Gasteiger partial charge in [0.15, 0.2) is 0 Å². The van der Waals surface area contributed by atoms with E-state index in [9.17, 15) is 4.39 Å². The van der Waals surface area contributed by atoms with Crippen molar-refractivity contribution in [2.75, 3.05) is 6.54 Å². The average molecular weight is 207 g/mol. The van der Waals surface area contributed by atoms with Crippen molar-refractivity contribution in [3.63, 3.8) is 0 Å². The van der Waals surface area contributed by atoms with E-state index < -0.39 is 0 Å². The Hall–Kier alpha value is -1.15. The molecule has 0 aromatic heterocycles. The fourth-order valence-electron chi connectivity index (χ4n) is 1.76. The first kappa shape index (κ1) is 11.9. The van der Waals surface area contributed by atoms with Gasteiger partial charge in [0.1, 0.15) is 5.82 Å². The zero-order valence-corrected chi connectivity index (χ0v) is 9.39. The molecule has 1 rings (SSSR count). The molecule has 0 saturated heterocycles. The molecule has 0 saturated carbocycles. The van der Waals surface area contributed by atoms with Gasteiger partial charge < -0.3 is 5.32 Å². The quantitative estimate of drug-likeness (QED) is 0.730. The summed E-state index contributed by atoms with van der Waals surface area (Å²) in [7, 11) is 0. The summed E-state index contributed by atoms with van der Waals surface area (Å²) in [5.74, 6) is -0.176.